The van der Waals surface area contributed by atoms with Gasteiger partial charge in [0.1, 0.15) is 35.8 Å². The number of halogens is 4. The van der Waals surface area contributed by atoms with Gasteiger partial charge in [-0.1, -0.05) is 66.7 Å². The summed E-state index contributed by atoms with van der Waals surface area (Å²) in [6, 6.07) is 32.8. The van der Waals surface area contributed by atoms with E-state index < -0.39 is 13.2 Å². The van der Waals surface area contributed by atoms with Crippen molar-refractivity contribution in [3.05, 3.63) is 168 Å². The lowest BCUT2D eigenvalue weighted by Gasteiger charge is -2.17. The van der Waals surface area contributed by atoms with Gasteiger partial charge in [0, 0.05) is 60.2 Å². The summed E-state index contributed by atoms with van der Waals surface area (Å²) >= 11 is 0. The van der Waals surface area contributed by atoms with Gasteiger partial charge in [0.05, 0.1) is 51.8 Å². The smallest absolute Gasteiger partial charge is 0.387 e. The molecule has 0 fully saturated rings. The Balaban J connectivity index is 0.000000145. The minimum Gasteiger partial charge on any atom is -0.434 e. The van der Waals surface area contributed by atoms with E-state index in [4.69, 9.17) is 0 Å². The van der Waals surface area contributed by atoms with Gasteiger partial charge in [0.15, 0.2) is 6.29 Å². The van der Waals surface area contributed by atoms with Crippen molar-refractivity contribution in [2.24, 2.45) is 0 Å². The number of hydrogen-bond acceptors (Lipinski definition) is 13. The second-order valence-electron chi connectivity index (χ2n) is 14.1. The molecule has 0 unspecified atom stereocenters. The summed E-state index contributed by atoms with van der Waals surface area (Å²) in [6.45, 7) is -2.47. The molecule has 0 bridgehead atoms. The Bertz CT molecular complexity index is 2850. The van der Waals surface area contributed by atoms with E-state index in [1.165, 1.54) is 24.5 Å². The number of benzene rings is 4. The zero-order chi connectivity index (χ0) is 43.5. The van der Waals surface area contributed by atoms with Crippen LogP contribution in [-0.2, 0) is 32.7 Å². The van der Waals surface area contributed by atoms with Crippen molar-refractivity contribution in [1.29, 1.82) is 0 Å². The summed E-state index contributed by atoms with van der Waals surface area (Å²) in [7, 11) is 0. The number of rotatable bonds is 11. The molecule has 0 amide bonds. The van der Waals surface area contributed by atoms with E-state index in [0.717, 1.165) is 80.4 Å². The zero-order valence-electron chi connectivity index (χ0n) is 33.3. The number of pyridine rings is 2. The van der Waals surface area contributed by atoms with E-state index in [2.05, 4.69) is 72.4 Å². The Labute approximate surface area is 358 Å². The first-order chi connectivity index (χ1) is 30.8. The van der Waals surface area contributed by atoms with Crippen molar-refractivity contribution in [2.75, 3.05) is 10.6 Å². The van der Waals surface area contributed by atoms with Gasteiger partial charge < -0.3 is 25.4 Å². The first-order valence-electron chi connectivity index (χ1n) is 19.6. The van der Waals surface area contributed by atoms with Gasteiger partial charge in [0.25, 0.3) is 0 Å². The highest BCUT2D eigenvalue weighted by atomic mass is 19.3. The van der Waals surface area contributed by atoms with E-state index in [1.54, 1.807) is 36.8 Å². The lowest BCUT2D eigenvalue weighted by Crippen LogP contribution is -2.17. The maximum Gasteiger partial charge on any atom is 0.387 e. The summed E-state index contributed by atoms with van der Waals surface area (Å²) < 4.78 is 57.6. The van der Waals surface area contributed by atoms with Crippen LogP contribution in [0.4, 0.5) is 40.6 Å². The number of carbonyl (C=O) groups excluding carboxylic acids is 1. The van der Waals surface area contributed by atoms with Crippen LogP contribution in [0.15, 0.2) is 134 Å². The van der Waals surface area contributed by atoms with Crippen molar-refractivity contribution in [1.82, 2.24) is 40.1 Å². The Hall–Kier alpha value is -7.63. The average molecular weight is 855 g/mol. The number of aldehydes is 1. The fourth-order valence-electron chi connectivity index (χ4n) is 7.08. The average Bonchev–Trinajstić information content (AvgIpc) is 3.96. The monoisotopic (exact) mass is 854 g/mol. The minimum atomic E-state index is -2.90. The van der Waals surface area contributed by atoms with Crippen LogP contribution in [0, 0.1) is 0 Å². The summed E-state index contributed by atoms with van der Waals surface area (Å²) in [5.41, 5.74) is 8.64. The number of carbonyl (C=O) groups is 1. The topological polar surface area (TPSA) is 152 Å². The number of aromatic nitrogens is 6. The van der Waals surface area contributed by atoms with Crippen LogP contribution in [0.25, 0.3) is 21.8 Å². The van der Waals surface area contributed by atoms with Crippen molar-refractivity contribution in [3.63, 3.8) is 0 Å². The lowest BCUT2D eigenvalue weighted by atomic mass is 10.2. The number of para-hydroxylation sites is 4. The molecule has 10 rings (SSSR count). The number of hydrogen-bond donors (Lipinski definition) is 3. The predicted molar refractivity (Wildman–Crippen MR) is 229 cm³/mol. The molecule has 0 atom stereocenters. The van der Waals surface area contributed by atoms with E-state index >= 15 is 0 Å². The van der Waals surface area contributed by atoms with Crippen LogP contribution < -0.4 is 25.4 Å². The SMILES string of the molecule is FC(F)Oc1ccccc1CN1Cc2ncnc(Nc3cnc4ccccc4c3)c2C1.O=Cc1ccccc1OC(F)F.c1ccc2ncc(Nc3ncnc4c3CNC4)cc2c1. The highest BCUT2D eigenvalue weighted by Crippen LogP contribution is 2.32. The first-order valence-corrected chi connectivity index (χ1v) is 19.6. The molecule has 0 aliphatic carbocycles. The number of anilines is 4. The van der Waals surface area contributed by atoms with Gasteiger partial charge in [-0.2, -0.15) is 17.6 Å². The van der Waals surface area contributed by atoms with E-state index in [1.807, 2.05) is 60.8 Å². The molecule has 2 aliphatic rings. The largest absolute Gasteiger partial charge is 0.434 e. The second-order valence-corrected chi connectivity index (χ2v) is 14.1. The molecule has 318 valence electrons. The number of fused-ring (bicyclic) bond motifs is 4. The van der Waals surface area contributed by atoms with Crippen LogP contribution in [0.5, 0.6) is 11.5 Å². The molecule has 4 aromatic carbocycles. The van der Waals surface area contributed by atoms with Crippen molar-refractivity contribution < 1.29 is 31.8 Å². The third-order valence-electron chi connectivity index (χ3n) is 9.97. The van der Waals surface area contributed by atoms with Crippen LogP contribution in [-0.4, -0.2) is 54.3 Å². The van der Waals surface area contributed by atoms with Gasteiger partial charge in [-0.15, -0.1) is 0 Å². The Morgan fingerprint density at radius 3 is 1.83 bits per heavy atom. The van der Waals surface area contributed by atoms with E-state index in [0.29, 0.717) is 31.5 Å². The van der Waals surface area contributed by atoms with Crippen LogP contribution in [0.1, 0.15) is 38.4 Å². The molecule has 4 aromatic heterocycles. The van der Waals surface area contributed by atoms with Crippen LogP contribution in [0.3, 0.4) is 0 Å². The third-order valence-corrected chi connectivity index (χ3v) is 9.97. The standard InChI is InChI=1S/C23H19F2N5O.C15H13N5.C8H6F2O2/c24-23(25)31-21-8-4-2-6-16(21)11-30-12-18-20(13-30)27-14-28-22(18)29-17-9-15-5-1-3-7-19(15)26-10-17;1-2-4-13-10(3-1)5-11(6-17-13)20-15-12-7-16-8-14(12)18-9-19-15;9-8(10)12-7-4-2-1-3-6(7)5-11/h1-10,14,23H,11-13H2,(H,27,28,29);1-6,9,16H,7-8H2,(H,18,19,20);1-5,8H. The highest BCUT2D eigenvalue weighted by Gasteiger charge is 2.25. The molecular weight excluding hydrogens is 817 g/mol. The van der Waals surface area contributed by atoms with Gasteiger partial charge >= 0.3 is 13.2 Å². The van der Waals surface area contributed by atoms with Gasteiger partial charge in [-0.05, 0) is 42.5 Å². The highest BCUT2D eigenvalue weighted by molar-refractivity contribution is 5.83. The predicted octanol–water partition coefficient (Wildman–Crippen LogP) is 9.36. The van der Waals surface area contributed by atoms with Crippen molar-refractivity contribution >= 4 is 51.1 Å². The van der Waals surface area contributed by atoms with Crippen LogP contribution in [0.2, 0.25) is 0 Å². The van der Waals surface area contributed by atoms with E-state index in [-0.39, 0.29) is 17.1 Å². The lowest BCUT2D eigenvalue weighted by molar-refractivity contribution is -0.0512. The molecule has 0 saturated carbocycles. The molecule has 8 aromatic rings. The molecule has 3 N–H and O–H groups in total. The second kappa shape index (κ2) is 19.8. The summed E-state index contributed by atoms with van der Waals surface area (Å²) in [5, 5.41) is 12.1. The van der Waals surface area contributed by atoms with Crippen molar-refractivity contribution in [2.45, 2.75) is 45.9 Å². The zero-order valence-corrected chi connectivity index (χ0v) is 33.3. The van der Waals surface area contributed by atoms with Crippen LogP contribution >= 0.6 is 0 Å². The molecule has 13 nitrogen and oxygen atoms in total. The quantitative estimate of drug-likeness (QED) is 0.0838. The summed E-state index contributed by atoms with van der Waals surface area (Å²) in [4.78, 5) is 38.8. The molecule has 63 heavy (non-hydrogen) atoms. The van der Waals surface area contributed by atoms with E-state index in [9.17, 15) is 22.4 Å². The third kappa shape index (κ3) is 10.6. The maximum absolute atomic E-state index is 12.7. The molecule has 0 radical (unpaired) electrons. The summed E-state index contributed by atoms with van der Waals surface area (Å²) in [6.07, 6.45) is 7.22. The summed E-state index contributed by atoms with van der Waals surface area (Å²) in [5.74, 6) is 1.68. The molecular formula is C46H38F4N10O3. The van der Waals surface area contributed by atoms with Gasteiger partial charge in [-0.25, -0.2) is 19.9 Å². The normalized spacial score (nSPS) is 12.8. The number of ether oxygens (including phenoxy) is 2. The first kappa shape index (κ1) is 42.1. The fraction of sp³-hybridized carbons (Fsp3) is 0.152. The number of nitrogens with zero attached hydrogens (tertiary/aromatic N) is 7. The Morgan fingerprint density at radius 1 is 0.619 bits per heavy atom. The Kier molecular flexibility index (Phi) is 13.2. The molecule has 0 saturated heterocycles. The molecule has 17 heteroatoms. The molecule has 6 heterocycles. The van der Waals surface area contributed by atoms with Gasteiger partial charge in [0.2, 0.25) is 0 Å². The molecule has 2 aliphatic heterocycles. The van der Waals surface area contributed by atoms with Gasteiger partial charge in [-0.3, -0.25) is 19.7 Å². The Morgan fingerprint density at radius 2 is 1.17 bits per heavy atom. The van der Waals surface area contributed by atoms with Crippen molar-refractivity contribution in [3.8, 4) is 11.5 Å². The number of nitrogens with one attached hydrogen (secondary N) is 3. The number of alkyl halides is 4. The molecule has 0 spiro atoms. The maximum atomic E-state index is 12.7. The minimum absolute atomic E-state index is 0.0949. The fourth-order valence-corrected chi connectivity index (χ4v) is 7.08.